The van der Waals surface area contributed by atoms with Gasteiger partial charge in [0.15, 0.2) is 0 Å². The average molecular weight is 208 g/mol. The summed E-state index contributed by atoms with van der Waals surface area (Å²) in [5.41, 5.74) is 0.439. The number of hydrogen-bond acceptors (Lipinski definition) is 2. The fourth-order valence-electron chi connectivity index (χ4n) is 1.81. The van der Waals surface area contributed by atoms with E-state index in [1.54, 1.807) is 11.8 Å². The maximum atomic E-state index is 10.3. The van der Waals surface area contributed by atoms with E-state index in [4.69, 9.17) is 0 Å². The number of benzene rings is 1. The quantitative estimate of drug-likeness (QED) is 0.770. The van der Waals surface area contributed by atoms with Gasteiger partial charge < -0.3 is 5.11 Å². The third-order valence-corrected chi connectivity index (χ3v) is 3.79. The van der Waals surface area contributed by atoms with E-state index in [2.05, 4.69) is 18.4 Å². The molecule has 0 amide bonds. The Bertz CT molecular complexity index is 312. The normalized spacial score (nSPS) is 20.5. The van der Waals surface area contributed by atoms with Gasteiger partial charge in [-0.25, -0.2) is 0 Å². The highest BCUT2D eigenvalue weighted by Crippen LogP contribution is 2.45. The number of aliphatic hydroxyl groups is 1. The van der Waals surface area contributed by atoms with E-state index in [0.29, 0.717) is 5.92 Å². The molecule has 1 aliphatic carbocycles. The van der Waals surface area contributed by atoms with Crippen LogP contribution >= 0.6 is 11.8 Å². The summed E-state index contributed by atoms with van der Waals surface area (Å²) in [6.45, 7) is 1.93. The number of thioether (sulfide) groups is 1. The van der Waals surface area contributed by atoms with Crippen molar-refractivity contribution in [1.29, 1.82) is 0 Å². The lowest BCUT2D eigenvalue weighted by Gasteiger charge is -2.23. The zero-order chi connectivity index (χ0) is 10.2. The molecular formula is C12H16OS. The molecule has 14 heavy (non-hydrogen) atoms. The van der Waals surface area contributed by atoms with E-state index in [9.17, 15) is 5.11 Å². The van der Waals surface area contributed by atoms with Crippen LogP contribution in [0.25, 0.3) is 0 Å². The van der Waals surface area contributed by atoms with Gasteiger partial charge in [-0.15, -0.1) is 11.8 Å². The molecule has 0 unspecified atom stereocenters. The predicted octanol–water partition coefficient (Wildman–Crippen LogP) is 3.03. The molecule has 76 valence electrons. The van der Waals surface area contributed by atoms with Gasteiger partial charge in [0.2, 0.25) is 0 Å². The van der Waals surface area contributed by atoms with Crippen LogP contribution in [0, 0.1) is 5.92 Å². The highest BCUT2D eigenvalue weighted by atomic mass is 32.2. The minimum atomic E-state index is -0.614. The van der Waals surface area contributed by atoms with Crippen LogP contribution in [0.2, 0.25) is 0 Å². The largest absolute Gasteiger partial charge is 0.385 e. The van der Waals surface area contributed by atoms with Gasteiger partial charge in [-0.2, -0.15) is 0 Å². The van der Waals surface area contributed by atoms with Crippen molar-refractivity contribution in [2.24, 2.45) is 5.92 Å². The molecule has 2 rings (SSSR count). The lowest BCUT2D eigenvalue weighted by atomic mass is 9.91. The molecule has 1 aliphatic rings. The standard InChI is InChI=1S/C12H16OS/c1-12(13,9-3-4-9)10-5-7-11(14-2)8-6-10/h5-9,13H,3-4H2,1-2H3/t12-/m1/s1. The van der Waals surface area contributed by atoms with Crippen molar-refractivity contribution >= 4 is 11.8 Å². The zero-order valence-electron chi connectivity index (χ0n) is 8.66. The first-order chi connectivity index (χ1) is 6.64. The lowest BCUT2D eigenvalue weighted by Crippen LogP contribution is -2.23. The Morgan fingerprint density at radius 2 is 1.86 bits per heavy atom. The second-order valence-corrected chi connectivity index (χ2v) is 5.03. The molecule has 1 aromatic carbocycles. The smallest absolute Gasteiger partial charge is 0.0896 e. The van der Waals surface area contributed by atoms with Crippen LogP contribution in [0.15, 0.2) is 29.2 Å². The zero-order valence-corrected chi connectivity index (χ0v) is 9.47. The van der Waals surface area contributed by atoms with E-state index in [-0.39, 0.29) is 0 Å². The van der Waals surface area contributed by atoms with Gasteiger partial charge in [0, 0.05) is 4.90 Å². The van der Waals surface area contributed by atoms with E-state index < -0.39 is 5.60 Å². The van der Waals surface area contributed by atoms with Crippen molar-refractivity contribution in [2.75, 3.05) is 6.26 Å². The van der Waals surface area contributed by atoms with Gasteiger partial charge in [0.1, 0.15) is 0 Å². The van der Waals surface area contributed by atoms with Crippen molar-refractivity contribution in [3.05, 3.63) is 29.8 Å². The second kappa shape index (κ2) is 3.59. The molecule has 0 spiro atoms. The monoisotopic (exact) mass is 208 g/mol. The molecule has 1 saturated carbocycles. The van der Waals surface area contributed by atoms with Crippen molar-refractivity contribution in [2.45, 2.75) is 30.3 Å². The van der Waals surface area contributed by atoms with Crippen LogP contribution < -0.4 is 0 Å². The maximum absolute atomic E-state index is 10.3. The fraction of sp³-hybridized carbons (Fsp3) is 0.500. The van der Waals surface area contributed by atoms with Crippen LogP contribution in [0.1, 0.15) is 25.3 Å². The highest BCUT2D eigenvalue weighted by Gasteiger charge is 2.40. The maximum Gasteiger partial charge on any atom is 0.0896 e. The summed E-state index contributed by atoms with van der Waals surface area (Å²) < 4.78 is 0. The molecule has 0 radical (unpaired) electrons. The molecule has 1 nitrogen and oxygen atoms in total. The van der Waals surface area contributed by atoms with Crippen molar-refractivity contribution in [1.82, 2.24) is 0 Å². The van der Waals surface area contributed by atoms with E-state index >= 15 is 0 Å². The Morgan fingerprint density at radius 1 is 1.29 bits per heavy atom. The van der Waals surface area contributed by atoms with Crippen LogP contribution in [0.3, 0.4) is 0 Å². The Hall–Kier alpha value is -0.470. The van der Waals surface area contributed by atoms with Gasteiger partial charge in [-0.3, -0.25) is 0 Å². The Kier molecular flexibility index (Phi) is 2.58. The highest BCUT2D eigenvalue weighted by molar-refractivity contribution is 7.98. The van der Waals surface area contributed by atoms with Crippen molar-refractivity contribution < 1.29 is 5.11 Å². The van der Waals surface area contributed by atoms with Gasteiger partial charge >= 0.3 is 0 Å². The molecule has 1 atom stereocenters. The summed E-state index contributed by atoms with van der Waals surface area (Å²) in [5, 5.41) is 10.3. The van der Waals surface area contributed by atoms with Gasteiger partial charge in [0.05, 0.1) is 5.60 Å². The Morgan fingerprint density at radius 3 is 2.29 bits per heavy atom. The topological polar surface area (TPSA) is 20.2 Å². The van der Waals surface area contributed by atoms with Crippen molar-refractivity contribution in [3.8, 4) is 0 Å². The third kappa shape index (κ3) is 1.82. The minimum absolute atomic E-state index is 0.475. The van der Waals surface area contributed by atoms with E-state index in [1.165, 1.54) is 4.90 Å². The number of rotatable bonds is 3. The summed E-state index contributed by atoms with van der Waals surface area (Å²) in [6, 6.07) is 8.25. The molecule has 1 N–H and O–H groups in total. The van der Waals surface area contributed by atoms with E-state index in [0.717, 1.165) is 18.4 Å². The molecule has 0 bridgehead atoms. The molecule has 0 saturated heterocycles. The minimum Gasteiger partial charge on any atom is -0.385 e. The summed E-state index contributed by atoms with van der Waals surface area (Å²) in [7, 11) is 0. The second-order valence-electron chi connectivity index (χ2n) is 4.15. The Balaban J connectivity index is 2.23. The van der Waals surface area contributed by atoms with Crippen LogP contribution in [-0.4, -0.2) is 11.4 Å². The Labute approximate surface area is 89.5 Å². The molecule has 1 aromatic rings. The molecule has 0 aromatic heterocycles. The summed E-state index contributed by atoms with van der Waals surface area (Å²) in [6.07, 6.45) is 4.39. The molecule has 0 aliphatic heterocycles. The summed E-state index contributed by atoms with van der Waals surface area (Å²) in [5.74, 6) is 0.475. The first-order valence-corrected chi connectivity index (χ1v) is 6.24. The average Bonchev–Trinajstić information content (AvgIpc) is 3.01. The van der Waals surface area contributed by atoms with Gasteiger partial charge in [-0.1, -0.05) is 12.1 Å². The van der Waals surface area contributed by atoms with Crippen LogP contribution in [0.4, 0.5) is 0 Å². The number of hydrogen-bond donors (Lipinski definition) is 1. The molecule has 1 fully saturated rings. The SMILES string of the molecule is CSc1ccc([C@](C)(O)C2CC2)cc1. The predicted molar refractivity (Wildman–Crippen MR) is 60.5 cm³/mol. The summed E-state index contributed by atoms with van der Waals surface area (Å²) >= 11 is 1.73. The summed E-state index contributed by atoms with van der Waals surface area (Å²) in [4.78, 5) is 1.25. The van der Waals surface area contributed by atoms with E-state index in [1.807, 2.05) is 19.1 Å². The van der Waals surface area contributed by atoms with Crippen LogP contribution in [0.5, 0.6) is 0 Å². The first kappa shape index (κ1) is 10.1. The van der Waals surface area contributed by atoms with Gasteiger partial charge in [0.25, 0.3) is 0 Å². The molecular weight excluding hydrogens is 192 g/mol. The first-order valence-electron chi connectivity index (χ1n) is 5.01. The lowest BCUT2D eigenvalue weighted by molar-refractivity contribution is 0.0330. The molecule has 0 heterocycles. The van der Waals surface area contributed by atoms with Gasteiger partial charge in [-0.05, 0) is 49.6 Å². The van der Waals surface area contributed by atoms with Crippen LogP contribution in [-0.2, 0) is 5.60 Å². The molecule has 2 heteroatoms. The fourth-order valence-corrected chi connectivity index (χ4v) is 2.22. The van der Waals surface area contributed by atoms with Crippen molar-refractivity contribution in [3.63, 3.8) is 0 Å². The third-order valence-electron chi connectivity index (χ3n) is 3.05.